The lowest BCUT2D eigenvalue weighted by atomic mass is 10.1. The summed E-state index contributed by atoms with van der Waals surface area (Å²) in [4.78, 5) is 21.8. The van der Waals surface area contributed by atoms with Crippen LogP contribution in [0.15, 0.2) is 24.3 Å². The summed E-state index contributed by atoms with van der Waals surface area (Å²) in [5.74, 6) is -1.11. The summed E-state index contributed by atoms with van der Waals surface area (Å²) in [7, 11) is 0. The molecule has 0 aliphatic heterocycles. The summed E-state index contributed by atoms with van der Waals surface area (Å²) in [6.07, 6.45) is 2.25. The third kappa shape index (κ3) is 5.48. The molecule has 0 saturated heterocycles. The molecule has 0 unspecified atom stereocenters. The van der Waals surface area contributed by atoms with Crippen molar-refractivity contribution in [3.05, 3.63) is 35.4 Å². The van der Waals surface area contributed by atoms with E-state index in [0.29, 0.717) is 25.0 Å². The van der Waals surface area contributed by atoms with Crippen molar-refractivity contribution >= 4 is 11.9 Å². The van der Waals surface area contributed by atoms with Crippen molar-refractivity contribution in [2.24, 2.45) is 0 Å². The van der Waals surface area contributed by atoms with Gasteiger partial charge < -0.3 is 9.84 Å². The fourth-order valence-electron chi connectivity index (χ4n) is 1.49. The molecule has 0 fully saturated rings. The minimum absolute atomic E-state index is 0.173. The van der Waals surface area contributed by atoms with Crippen molar-refractivity contribution < 1.29 is 19.4 Å². The van der Waals surface area contributed by atoms with Crippen LogP contribution in [0.2, 0.25) is 0 Å². The molecule has 0 aromatic heterocycles. The maximum atomic E-state index is 11.6. The molecule has 4 nitrogen and oxygen atoms in total. The van der Waals surface area contributed by atoms with E-state index in [2.05, 4.69) is 0 Å². The van der Waals surface area contributed by atoms with Crippen LogP contribution < -0.4 is 0 Å². The third-order valence-electron chi connectivity index (χ3n) is 2.56. The summed E-state index contributed by atoms with van der Waals surface area (Å²) in [5, 5.41) is 8.44. The van der Waals surface area contributed by atoms with Crippen molar-refractivity contribution in [2.75, 3.05) is 6.61 Å². The normalized spacial score (nSPS) is 10.1. The highest BCUT2D eigenvalue weighted by molar-refractivity contribution is 5.89. The Labute approximate surface area is 107 Å². The lowest BCUT2D eigenvalue weighted by Gasteiger charge is -2.04. The van der Waals surface area contributed by atoms with Gasteiger partial charge in [-0.15, -0.1) is 0 Å². The van der Waals surface area contributed by atoms with E-state index in [1.165, 1.54) is 0 Å². The number of rotatable bonds is 7. The summed E-state index contributed by atoms with van der Waals surface area (Å²) in [6.45, 7) is 2.30. The molecule has 0 aliphatic rings. The highest BCUT2D eigenvalue weighted by atomic mass is 16.5. The number of aliphatic carboxylic acids is 1. The maximum Gasteiger partial charge on any atom is 0.338 e. The second-order valence-electron chi connectivity index (χ2n) is 4.21. The number of benzene rings is 1. The SMILES string of the molecule is Cc1ccc(C(=O)OCCCCCC(=O)O)cc1. The summed E-state index contributed by atoms with van der Waals surface area (Å²) in [6, 6.07) is 7.21. The molecule has 0 aliphatic carbocycles. The number of carboxylic acid groups (broad SMARTS) is 1. The predicted octanol–water partition coefficient (Wildman–Crippen LogP) is 2.80. The smallest absolute Gasteiger partial charge is 0.338 e. The van der Waals surface area contributed by atoms with Crippen LogP contribution in [0.3, 0.4) is 0 Å². The van der Waals surface area contributed by atoms with E-state index in [1.807, 2.05) is 19.1 Å². The van der Waals surface area contributed by atoms with E-state index in [9.17, 15) is 9.59 Å². The largest absolute Gasteiger partial charge is 0.481 e. The first kappa shape index (κ1) is 14.2. The number of hydrogen-bond acceptors (Lipinski definition) is 3. The molecular formula is C14H18O4. The van der Waals surface area contributed by atoms with Crippen LogP contribution >= 0.6 is 0 Å². The Morgan fingerprint density at radius 2 is 1.78 bits per heavy atom. The van der Waals surface area contributed by atoms with Crippen molar-refractivity contribution in [3.8, 4) is 0 Å². The van der Waals surface area contributed by atoms with Crippen molar-refractivity contribution in [3.63, 3.8) is 0 Å². The molecule has 0 spiro atoms. The number of ether oxygens (including phenoxy) is 1. The Morgan fingerprint density at radius 1 is 1.11 bits per heavy atom. The standard InChI is InChI=1S/C14H18O4/c1-11-6-8-12(9-7-11)14(17)18-10-4-2-3-5-13(15)16/h6-9H,2-5,10H2,1H3,(H,15,16). The van der Waals surface area contributed by atoms with Crippen LogP contribution in [-0.2, 0) is 9.53 Å². The number of hydrogen-bond donors (Lipinski definition) is 1. The maximum absolute atomic E-state index is 11.6. The van der Waals surface area contributed by atoms with E-state index < -0.39 is 5.97 Å². The quantitative estimate of drug-likeness (QED) is 0.597. The zero-order valence-corrected chi connectivity index (χ0v) is 10.5. The molecule has 1 aromatic rings. The van der Waals surface area contributed by atoms with Crippen LogP contribution in [0.5, 0.6) is 0 Å². The number of carbonyl (C=O) groups excluding carboxylic acids is 1. The van der Waals surface area contributed by atoms with Gasteiger partial charge in [-0.2, -0.15) is 0 Å². The van der Waals surface area contributed by atoms with E-state index in [4.69, 9.17) is 9.84 Å². The monoisotopic (exact) mass is 250 g/mol. The highest BCUT2D eigenvalue weighted by Crippen LogP contribution is 2.06. The molecule has 98 valence electrons. The number of aryl methyl sites for hydroxylation is 1. The topological polar surface area (TPSA) is 63.6 Å². The van der Waals surface area contributed by atoms with E-state index >= 15 is 0 Å². The van der Waals surface area contributed by atoms with Crippen LogP contribution in [0, 0.1) is 6.92 Å². The van der Waals surface area contributed by atoms with E-state index in [-0.39, 0.29) is 12.4 Å². The summed E-state index contributed by atoms with van der Waals surface area (Å²) >= 11 is 0. The van der Waals surface area contributed by atoms with Gasteiger partial charge in [0.05, 0.1) is 12.2 Å². The number of carboxylic acids is 1. The third-order valence-corrected chi connectivity index (χ3v) is 2.56. The first-order chi connectivity index (χ1) is 8.59. The van der Waals surface area contributed by atoms with Gasteiger partial charge in [-0.05, 0) is 38.3 Å². The second-order valence-corrected chi connectivity index (χ2v) is 4.21. The van der Waals surface area contributed by atoms with Crippen LogP contribution in [0.4, 0.5) is 0 Å². The van der Waals surface area contributed by atoms with Crippen LogP contribution in [-0.4, -0.2) is 23.7 Å². The Bertz CT molecular complexity index is 395. The molecule has 18 heavy (non-hydrogen) atoms. The fourth-order valence-corrected chi connectivity index (χ4v) is 1.49. The first-order valence-electron chi connectivity index (χ1n) is 6.05. The average molecular weight is 250 g/mol. The van der Waals surface area contributed by atoms with Crippen LogP contribution in [0.25, 0.3) is 0 Å². The molecule has 0 bridgehead atoms. The molecule has 1 N–H and O–H groups in total. The average Bonchev–Trinajstić information content (AvgIpc) is 2.34. The van der Waals surface area contributed by atoms with Crippen molar-refractivity contribution in [1.29, 1.82) is 0 Å². The number of unbranched alkanes of at least 4 members (excludes halogenated alkanes) is 2. The van der Waals surface area contributed by atoms with Gasteiger partial charge in [0.1, 0.15) is 0 Å². The zero-order valence-electron chi connectivity index (χ0n) is 10.5. The number of carbonyl (C=O) groups is 2. The molecule has 0 heterocycles. The molecule has 0 saturated carbocycles. The van der Waals surface area contributed by atoms with Gasteiger partial charge in [-0.25, -0.2) is 4.79 Å². The molecule has 0 atom stereocenters. The molecule has 1 aromatic carbocycles. The summed E-state index contributed by atoms with van der Waals surface area (Å²) in [5.41, 5.74) is 1.64. The number of esters is 1. The highest BCUT2D eigenvalue weighted by Gasteiger charge is 2.05. The van der Waals surface area contributed by atoms with E-state index in [0.717, 1.165) is 12.0 Å². The Kier molecular flexibility index (Phi) is 5.91. The van der Waals surface area contributed by atoms with Gasteiger partial charge in [0.15, 0.2) is 0 Å². The molecule has 0 amide bonds. The van der Waals surface area contributed by atoms with Crippen molar-refractivity contribution in [2.45, 2.75) is 32.6 Å². The lowest BCUT2D eigenvalue weighted by molar-refractivity contribution is -0.137. The first-order valence-corrected chi connectivity index (χ1v) is 6.05. The Morgan fingerprint density at radius 3 is 2.39 bits per heavy atom. The fraction of sp³-hybridized carbons (Fsp3) is 0.429. The van der Waals surface area contributed by atoms with Crippen molar-refractivity contribution in [1.82, 2.24) is 0 Å². The van der Waals surface area contributed by atoms with Gasteiger partial charge >= 0.3 is 11.9 Å². The van der Waals surface area contributed by atoms with Gasteiger partial charge in [0.2, 0.25) is 0 Å². The lowest BCUT2D eigenvalue weighted by Crippen LogP contribution is -2.06. The minimum atomic E-state index is -0.786. The molecule has 0 radical (unpaired) electrons. The Hall–Kier alpha value is -1.84. The molecule has 4 heteroatoms. The predicted molar refractivity (Wildman–Crippen MR) is 67.6 cm³/mol. The summed E-state index contributed by atoms with van der Waals surface area (Å²) < 4.78 is 5.09. The Balaban J connectivity index is 2.17. The van der Waals surface area contributed by atoms with E-state index in [1.54, 1.807) is 12.1 Å². The van der Waals surface area contributed by atoms with Crippen LogP contribution in [0.1, 0.15) is 41.6 Å². The molecule has 1 rings (SSSR count). The minimum Gasteiger partial charge on any atom is -0.481 e. The van der Waals surface area contributed by atoms with Gasteiger partial charge in [-0.1, -0.05) is 17.7 Å². The molecular weight excluding hydrogens is 232 g/mol. The second kappa shape index (κ2) is 7.48. The zero-order chi connectivity index (χ0) is 13.4. The van der Waals surface area contributed by atoms with Gasteiger partial charge in [0, 0.05) is 6.42 Å². The van der Waals surface area contributed by atoms with Gasteiger partial charge in [-0.3, -0.25) is 4.79 Å². The van der Waals surface area contributed by atoms with Gasteiger partial charge in [0.25, 0.3) is 0 Å².